The first-order valence-corrected chi connectivity index (χ1v) is 10.4. The van der Waals surface area contributed by atoms with Crippen molar-refractivity contribution in [2.75, 3.05) is 0 Å². The zero-order valence-corrected chi connectivity index (χ0v) is 17.9. The number of rotatable bonds is 7. The normalized spacial score (nSPS) is 16.2. The third-order valence-corrected chi connectivity index (χ3v) is 5.72. The van der Waals surface area contributed by atoms with Crippen LogP contribution in [0.25, 0.3) is 6.08 Å². The lowest BCUT2D eigenvalue weighted by Gasteiger charge is -2.14. The van der Waals surface area contributed by atoms with Gasteiger partial charge in [-0.25, -0.2) is 0 Å². The number of thioether (sulfide) groups is 1. The third kappa shape index (κ3) is 5.01. The van der Waals surface area contributed by atoms with E-state index in [0.717, 1.165) is 23.1 Å². The van der Waals surface area contributed by atoms with Crippen LogP contribution in [-0.4, -0.2) is 27.1 Å². The summed E-state index contributed by atoms with van der Waals surface area (Å²) < 4.78 is 5.73. The number of carbonyl (C=O) groups excluding carboxylic acids is 2. The molecule has 1 heterocycles. The van der Waals surface area contributed by atoms with Gasteiger partial charge in [0.25, 0.3) is 16.8 Å². The maximum atomic E-state index is 12.7. The van der Waals surface area contributed by atoms with Gasteiger partial charge >= 0.3 is 0 Å². The standard InChI is InChI=1S/C21H19ClN2O5S/c1-3-13(2)29-18-9-6-15(10-17(18)22)11-19-20(25)23(21(26)30-19)12-14-4-7-16(8-5-14)24(27)28/h4-11,13H,3,12H2,1-2H3/b19-11-/t13-/m1/s1. The van der Waals surface area contributed by atoms with Crippen LogP contribution in [0.15, 0.2) is 47.4 Å². The molecule has 7 nitrogen and oxygen atoms in total. The molecular formula is C21H19ClN2O5S. The number of hydrogen-bond donors (Lipinski definition) is 0. The minimum absolute atomic E-state index is 0.0317. The Morgan fingerprint density at radius 3 is 2.53 bits per heavy atom. The molecule has 2 aromatic rings. The fourth-order valence-corrected chi connectivity index (χ4v) is 3.77. The topological polar surface area (TPSA) is 89.8 Å². The first-order chi connectivity index (χ1) is 14.3. The van der Waals surface area contributed by atoms with E-state index in [9.17, 15) is 19.7 Å². The molecule has 2 amide bonds. The van der Waals surface area contributed by atoms with E-state index in [2.05, 4.69) is 0 Å². The van der Waals surface area contributed by atoms with Crippen LogP contribution in [0.5, 0.6) is 5.75 Å². The van der Waals surface area contributed by atoms with Crippen molar-refractivity contribution in [3.63, 3.8) is 0 Å². The second-order valence-corrected chi connectivity index (χ2v) is 8.12. The number of carbonyl (C=O) groups is 2. The van der Waals surface area contributed by atoms with Gasteiger partial charge in [0.2, 0.25) is 0 Å². The number of amides is 2. The van der Waals surface area contributed by atoms with Crippen LogP contribution in [-0.2, 0) is 11.3 Å². The number of imide groups is 1. The molecule has 0 N–H and O–H groups in total. The largest absolute Gasteiger partial charge is 0.489 e. The van der Waals surface area contributed by atoms with Crippen molar-refractivity contribution in [2.45, 2.75) is 32.9 Å². The van der Waals surface area contributed by atoms with Crippen molar-refractivity contribution in [1.82, 2.24) is 4.90 Å². The number of nitro groups is 1. The Morgan fingerprint density at radius 1 is 1.23 bits per heavy atom. The first kappa shape index (κ1) is 21.9. The molecule has 2 aromatic carbocycles. The highest BCUT2D eigenvalue weighted by molar-refractivity contribution is 8.18. The Kier molecular flexibility index (Phi) is 6.79. The number of non-ortho nitro benzene ring substituents is 1. The second-order valence-electron chi connectivity index (χ2n) is 6.72. The summed E-state index contributed by atoms with van der Waals surface area (Å²) in [4.78, 5) is 36.6. The fraction of sp³-hybridized carbons (Fsp3) is 0.238. The molecule has 1 atom stereocenters. The Morgan fingerprint density at radius 2 is 1.93 bits per heavy atom. The Labute approximate surface area is 182 Å². The summed E-state index contributed by atoms with van der Waals surface area (Å²) in [5.74, 6) is 0.147. The predicted octanol–water partition coefficient (Wildman–Crippen LogP) is 5.66. The molecule has 156 valence electrons. The monoisotopic (exact) mass is 446 g/mol. The highest BCUT2D eigenvalue weighted by Crippen LogP contribution is 2.35. The summed E-state index contributed by atoms with van der Waals surface area (Å²) in [5, 5.41) is 10.8. The van der Waals surface area contributed by atoms with Crippen LogP contribution < -0.4 is 4.74 Å². The van der Waals surface area contributed by atoms with Crippen LogP contribution in [0.1, 0.15) is 31.4 Å². The van der Waals surface area contributed by atoms with E-state index in [1.165, 1.54) is 24.3 Å². The third-order valence-electron chi connectivity index (χ3n) is 4.52. The maximum Gasteiger partial charge on any atom is 0.293 e. The van der Waals surface area contributed by atoms with E-state index in [1.54, 1.807) is 24.3 Å². The van der Waals surface area contributed by atoms with E-state index in [-0.39, 0.29) is 23.2 Å². The summed E-state index contributed by atoms with van der Waals surface area (Å²) in [5.41, 5.74) is 1.25. The highest BCUT2D eigenvalue weighted by atomic mass is 35.5. The number of nitro benzene ring substituents is 1. The van der Waals surface area contributed by atoms with Crippen molar-refractivity contribution < 1.29 is 19.2 Å². The van der Waals surface area contributed by atoms with E-state index in [0.29, 0.717) is 21.9 Å². The average molecular weight is 447 g/mol. The molecule has 1 aliphatic heterocycles. The molecule has 0 aromatic heterocycles. The van der Waals surface area contributed by atoms with Gasteiger partial charge in [0.05, 0.1) is 27.5 Å². The number of ether oxygens (including phenoxy) is 1. The second kappa shape index (κ2) is 9.32. The van der Waals surface area contributed by atoms with Crippen molar-refractivity contribution in [3.8, 4) is 5.75 Å². The maximum absolute atomic E-state index is 12.7. The van der Waals surface area contributed by atoms with Crippen LogP contribution >= 0.6 is 23.4 Å². The minimum atomic E-state index is -0.503. The Hall–Kier alpha value is -2.84. The minimum Gasteiger partial charge on any atom is -0.489 e. The molecule has 9 heteroatoms. The van der Waals surface area contributed by atoms with E-state index >= 15 is 0 Å². The van der Waals surface area contributed by atoms with Crippen LogP contribution in [0.3, 0.4) is 0 Å². The lowest BCUT2D eigenvalue weighted by molar-refractivity contribution is -0.384. The molecule has 3 rings (SSSR count). The molecule has 1 aliphatic rings. The molecule has 30 heavy (non-hydrogen) atoms. The smallest absolute Gasteiger partial charge is 0.293 e. The van der Waals surface area contributed by atoms with Crippen LogP contribution in [0.2, 0.25) is 5.02 Å². The van der Waals surface area contributed by atoms with Gasteiger partial charge in [-0.3, -0.25) is 24.6 Å². The number of halogens is 1. The summed E-state index contributed by atoms with van der Waals surface area (Å²) in [6.45, 7) is 4.01. The van der Waals surface area contributed by atoms with E-state index in [4.69, 9.17) is 16.3 Å². The van der Waals surface area contributed by atoms with Crippen molar-refractivity contribution in [3.05, 3.63) is 73.6 Å². The quantitative estimate of drug-likeness (QED) is 0.309. The number of nitrogens with zero attached hydrogens (tertiary/aromatic N) is 2. The van der Waals surface area contributed by atoms with Crippen molar-refractivity contribution >= 4 is 46.3 Å². The molecule has 0 radical (unpaired) electrons. The van der Waals surface area contributed by atoms with Gasteiger partial charge in [-0.2, -0.15) is 0 Å². The molecule has 0 spiro atoms. The van der Waals surface area contributed by atoms with Crippen LogP contribution in [0, 0.1) is 10.1 Å². The molecule has 0 aliphatic carbocycles. The molecular weight excluding hydrogens is 428 g/mol. The molecule has 0 bridgehead atoms. The van der Waals surface area contributed by atoms with Gasteiger partial charge in [-0.05, 0) is 54.4 Å². The zero-order chi connectivity index (χ0) is 21.8. The molecule has 1 saturated heterocycles. The number of benzene rings is 2. The Balaban J connectivity index is 1.74. The van der Waals surface area contributed by atoms with Crippen molar-refractivity contribution in [1.29, 1.82) is 0 Å². The van der Waals surface area contributed by atoms with Gasteiger partial charge in [-0.15, -0.1) is 0 Å². The molecule has 0 unspecified atom stereocenters. The predicted molar refractivity (Wildman–Crippen MR) is 116 cm³/mol. The van der Waals surface area contributed by atoms with Gasteiger partial charge in [0.1, 0.15) is 5.75 Å². The lowest BCUT2D eigenvalue weighted by Crippen LogP contribution is -2.27. The highest BCUT2D eigenvalue weighted by Gasteiger charge is 2.35. The summed E-state index contributed by atoms with van der Waals surface area (Å²) >= 11 is 7.12. The van der Waals surface area contributed by atoms with Gasteiger partial charge in [0.15, 0.2) is 0 Å². The fourth-order valence-electron chi connectivity index (χ4n) is 2.70. The average Bonchev–Trinajstić information content (AvgIpc) is 2.97. The molecule has 1 fully saturated rings. The Bertz CT molecular complexity index is 1020. The van der Waals surface area contributed by atoms with E-state index < -0.39 is 16.1 Å². The van der Waals surface area contributed by atoms with Gasteiger partial charge in [0, 0.05) is 12.1 Å². The first-order valence-electron chi connectivity index (χ1n) is 9.23. The SMILES string of the molecule is CC[C@@H](C)Oc1ccc(/C=C2\SC(=O)N(Cc3ccc([N+](=O)[O-])cc3)C2=O)cc1Cl. The summed E-state index contributed by atoms with van der Waals surface area (Å²) in [6, 6.07) is 10.9. The lowest BCUT2D eigenvalue weighted by atomic mass is 10.2. The van der Waals surface area contributed by atoms with Gasteiger partial charge < -0.3 is 4.74 Å². The number of hydrogen-bond acceptors (Lipinski definition) is 6. The summed E-state index contributed by atoms with van der Waals surface area (Å²) in [7, 11) is 0. The van der Waals surface area contributed by atoms with Crippen molar-refractivity contribution in [2.24, 2.45) is 0 Å². The van der Waals surface area contributed by atoms with Crippen LogP contribution in [0.4, 0.5) is 10.5 Å². The van der Waals surface area contributed by atoms with E-state index in [1.807, 2.05) is 13.8 Å². The zero-order valence-electron chi connectivity index (χ0n) is 16.3. The molecule has 0 saturated carbocycles. The van der Waals surface area contributed by atoms with Gasteiger partial charge in [-0.1, -0.05) is 36.7 Å². The summed E-state index contributed by atoms with van der Waals surface area (Å²) in [6.07, 6.45) is 2.49.